The first kappa shape index (κ1) is 27.5. The van der Waals surface area contributed by atoms with Crippen molar-refractivity contribution >= 4 is 60.8 Å². The number of carbonyl (C=O) groups is 6. The minimum absolute atomic E-state index is 0.0465. The van der Waals surface area contributed by atoms with E-state index in [1.165, 1.54) is 0 Å². The van der Waals surface area contributed by atoms with Crippen molar-refractivity contribution in [1.29, 1.82) is 0 Å². The maximum Gasteiger partial charge on any atom is 0.327 e. The Morgan fingerprint density at radius 1 is 0.767 bits per heavy atom. The van der Waals surface area contributed by atoms with E-state index >= 15 is 0 Å². The number of nitrogens with two attached hydrogens (primary N) is 3. The Hall–Kier alpha value is -2.52. The summed E-state index contributed by atoms with van der Waals surface area (Å²) < 4.78 is 0. The van der Waals surface area contributed by atoms with Crippen LogP contribution in [0.25, 0.3) is 0 Å². The second-order valence-electron chi connectivity index (χ2n) is 6.17. The van der Waals surface area contributed by atoms with Gasteiger partial charge in [-0.3, -0.25) is 24.0 Å². The second kappa shape index (κ2) is 13.7. The van der Waals surface area contributed by atoms with Gasteiger partial charge in [0.1, 0.15) is 18.1 Å². The summed E-state index contributed by atoms with van der Waals surface area (Å²) in [6.45, 7) is 0. The largest absolute Gasteiger partial charge is 0.480 e. The molecule has 0 radical (unpaired) electrons. The molecule has 0 fully saturated rings. The number of hydrogen-bond donors (Lipinski definition) is 9. The van der Waals surface area contributed by atoms with E-state index in [4.69, 9.17) is 22.3 Å². The van der Waals surface area contributed by atoms with E-state index in [1.54, 1.807) is 0 Å². The van der Waals surface area contributed by atoms with Crippen molar-refractivity contribution in [2.75, 3.05) is 11.5 Å². The van der Waals surface area contributed by atoms with E-state index in [0.29, 0.717) is 0 Å². The Balaban J connectivity index is 5.14. The van der Waals surface area contributed by atoms with Gasteiger partial charge in [-0.25, -0.2) is 4.79 Å². The van der Waals surface area contributed by atoms with Gasteiger partial charge in [-0.1, -0.05) is 0 Å². The molecule has 0 aliphatic rings. The molecule has 10 N–H and O–H groups in total. The van der Waals surface area contributed by atoms with Crippen LogP contribution in [-0.2, 0) is 28.8 Å². The van der Waals surface area contributed by atoms with E-state index in [-0.39, 0.29) is 24.3 Å². The molecule has 30 heavy (non-hydrogen) atoms. The quantitative estimate of drug-likeness (QED) is 0.114. The zero-order valence-electron chi connectivity index (χ0n) is 15.9. The number of hydrogen-bond acceptors (Lipinski definition) is 9. The molecule has 0 heterocycles. The standard InChI is InChI=1S/C15H26N6O7S2/c16-6(1-2-10(17)22)12(24)20-8(4-29)14(26)19-7(3-11(18)23)13(25)21-9(5-30)15(27)28/h6-9,29-30H,1-5,16H2,(H2,17,22)(H2,18,23)(H,19,26)(H,20,24)(H,21,25)(H,27,28). The third kappa shape index (κ3) is 10.3. The minimum atomic E-state index is -1.50. The SMILES string of the molecule is NC(=O)CCC(N)C(=O)NC(CS)C(=O)NC(CC(N)=O)C(=O)NC(CS)C(=O)O. The number of carboxylic acids is 1. The topological polar surface area (TPSA) is 237 Å². The Morgan fingerprint density at radius 3 is 1.67 bits per heavy atom. The Morgan fingerprint density at radius 2 is 1.23 bits per heavy atom. The molecular weight excluding hydrogens is 440 g/mol. The Labute approximate surface area is 183 Å². The predicted octanol–water partition coefficient (Wildman–Crippen LogP) is -4.15. The highest BCUT2D eigenvalue weighted by Crippen LogP contribution is 2.00. The zero-order chi connectivity index (χ0) is 23.4. The summed E-state index contributed by atoms with van der Waals surface area (Å²) in [5.74, 6) is -6.02. The van der Waals surface area contributed by atoms with E-state index in [9.17, 15) is 28.8 Å². The van der Waals surface area contributed by atoms with Gasteiger partial charge in [0.15, 0.2) is 0 Å². The van der Waals surface area contributed by atoms with Gasteiger partial charge in [0.05, 0.1) is 12.5 Å². The first-order valence-electron chi connectivity index (χ1n) is 8.60. The lowest BCUT2D eigenvalue weighted by atomic mass is 10.1. The van der Waals surface area contributed by atoms with Crippen molar-refractivity contribution in [3.63, 3.8) is 0 Å². The molecule has 13 nitrogen and oxygen atoms in total. The fourth-order valence-electron chi connectivity index (χ4n) is 2.04. The third-order valence-electron chi connectivity index (χ3n) is 3.69. The summed E-state index contributed by atoms with van der Waals surface area (Å²) in [4.78, 5) is 69.8. The van der Waals surface area contributed by atoms with Gasteiger partial charge in [0.25, 0.3) is 0 Å². The lowest BCUT2D eigenvalue weighted by Gasteiger charge is -2.23. The molecule has 15 heteroatoms. The summed E-state index contributed by atoms with van der Waals surface area (Å²) >= 11 is 7.75. The van der Waals surface area contributed by atoms with Gasteiger partial charge in [0.2, 0.25) is 29.5 Å². The second-order valence-corrected chi connectivity index (χ2v) is 6.90. The van der Waals surface area contributed by atoms with Gasteiger partial charge >= 0.3 is 5.97 Å². The van der Waals surface area contributed by atoms with Crippen molar-refractivity contribution in [3.05, 3.63) is 0 Å². The number of rotatable bonds is 14. The van der Waals surface area contributed by atoms with Crippen LogP contribution in [0.3, 0.4) is 0 Å². The first-order valence-corrected chi connectivity index (χ1v) is 9.87. The van der Waals surface area contributed by atoms with Crippen LogP contribution in [-0.4, -0.2) is 76.3 Å². The lowest BCUT2D eigenvalue weighted by Crippen LogP contribution is -2.58. The maximum absolute atomic E-state index is 12.4. The smallest absolute Gasteiger partial charge is 0.327 e. The molecule has 0 aromatic rings. The molecule has 170 valence electrons. The van der Waals surface area contributed by atoms with Crippen LogP contribution >= 0.6 is 25.3 Å². The monoisotopic (exact) mass is 466 g/mol. The van der Waals surface area contributed by atoms with Crippen LogP contribution < -0.4 is 33.2 Å². The molecule has 0 aliphatic carbocycles. The van der Waals surface area contributed by atoms with Crippen LogP contribution in [0.2, 0.25) is 0 Å². The van der Waals surface area contributed by atoms with E-state index in [0.717, 1.165) is 0 Å². The molecule has 0 saturated carbocycles. The van der Waals surface area contributed by atoms with E-state index in [1.807, 2.05) is 0 Å². The van der Waals surface area contributed by atoms with Crippen molar-refractivity contribution < 1.29 is 33.9 Å². The fourth-order valence-corrected chi connectivity index (χ4v) is 2.55. The lowest BCUT2D eigenvalue weighted by molar-refractivity contribution is -0.141. The van der Waals surface area contributed by atoms with Crippen LogP contribution in [0.1, 0.15) is 19.3 Å². The summed E-state index contributed by atoms with van der Waals surface area (Å²) in [6, 6.07) is -5.23. The highest BCUT2D eigenvalue weighted by molar-refractivity contribution is 7.80. The predicted molar refractivity (Wildman–Crippen MR) is 111 cm³/mol. The molecule has 0 aromatic heterocycles. The van der Waals surface area contributed by atoms with Crippen LogP contribution in [0.15, 0.2) is 0 Å². The van der Waals surface area contributed by atoms with Crippen LogP contribution in [0.4, 0.5) is 0 Å². The highest BCUT2D eigenvalue weighted by atomic mass is 32.1. The zero-order valence-corrected chi connectivity index (χ0v) is 17.7. The first-order chi connectivity index (χ1) is 13.9. The van der Waals surface area contributed by atoms with Crippen LogP contribution in [0.5, 0.6) is 0 Å². The molecule has 0 saturated heterocycles. The summed E-state index contributed by atoms with van der Waals surface area (Å²) in [5.41, 5.74) is 15.7. The normalized spacial score (nSPS) is 14.5. The number of amides is 5. The van der Waals surface area contributed by atoms with Crippen LogP contribution in [0, 0.1) is 0 Å². The van der Waals surface area contributed by atoms with Gasteiger partial charge in [-0.15, -0.1) is 0 Å². The average Bonchev–Trinajstić information content (AvgIpc) is 2.66. The number of aliphatic carboxylic acids is 1. The van der Waals surface area contributed by atoms with E-state index < -0.39 is 66.1 Å². The third-order valence-corrected chi connectivity index (χ3v) is 4.42. The fraction of sp³-hybridized carbons (Fsp3) is 0.600. The van der Waals surface area contributed by atoms with Gasteiger partial charge in [0, 0.05) is 17.9 Å². The average molecular weight is 467 g/mol. The molecule has 4 unspecified atom stereocenters. The van der Waals surface area contributed by atoms with Crippen molar-refractivity contribution in [3.8, 4) is 0 Å². The molecule has 0 spiro atoms. The number of nitrogens with one attached hydrogen (secondary N) is 3. The summed E-state index contributed by atoms with van der Waals surface area (Å²) in [5, 5.41) is 15.6. The highest BCUT2D eigenvalue weighted by Gasteiger charge is 2.30. The van der Waals surface area contributed by atoms with E-state index in [2.05, 4.69) is 41.2 Å². The molecule has 0 aliphatic heterocycles. The van der Waals surface area contributed by atoms with Crippen molar-refractivity contribution in [2.45, 2.75) is 43.4 Å². The molecule has 0 aromatic carbocycles. The number of carboxylic acid groups (broad SMARTS) is 1. The molecule has 0 rings (SSSR count). The molecule has 5 amide bonds. The number of thiol groups is 2. The Bertz CT molecular complexity index is 678. The summed E-state index contributed by atoms with van der Waals surface area (Å²) in [7, 11) is 0. The molecule has 0 bridgehead atoms. The summed E-state index contributed by atoms with van der Waals surface area (Å²) in [6.07, 6.45) is -0.806. The molecular formula is C15H26N6O7S2. The minimum Gasteiger partial charge on any atom is -0.480 e. The maximum atomic E-state index is 12.4. The number of carbonyl (C=O) groups excluding carboxylic acids is 5. The van der Waals surface area contributed by atoms with Crippen molar-refractivity contribution in [1.82, 2.24) is 16.0 Å². The van der Waals surface area contributed by atoms with Crippen molar-refractivity contribution in [2.24, 2.45) is 17.2 Å². The molecule has 4 atom stereocenters. The number of primary amides is 2. The van der Waals surface area contributed by atoms with Gasteiger partial charge in [-0.05, 0) is 6.42 Å². The van der Waals surface area contributed by atoms with Gasteiger partial charge < -0.3 is 38.3 Å². The Kier molecular flexibility index (Phi) is 12.5. The van der Waals surface area contributed by atoms with Gasteiger partial charge in [-0.2, -0.15) is 25.3 Å².